The number of pyridine rings is 1. The fourth-order valence-electron chi connectivity index (χ4n) is 5.42. The van der Waals surface area contributed by atoms with Gasteiger partial charge in [0, 0.05) is 61.7 Å². The predicted octanol–water partition coefficient (Wildman–Crippen LogP) is 4.96. The van der Waals surface area contributed by atoms with Gasteiger partial charge in [-0.25, -0.2) is 0 Å². The highest BCUT2D eigenvalue weighted by Crippen LogP contribution is 2.40. The summed E-state index contributed by atoms with van der Waals surface area (Å²) in [7, 11) is 0. The van der Waals surface area contributed by atoms with Crippen LogP contribution in [0.2, 0.25) is 5.02 Å². The van der Waals surface area contributed by atoms with E-state index < -0.39 is 0 Å². The molecule has 180 valence electrons. The van der Waals surface area contributed by atoms with Crippen LogP contribution in [0, 0.1) is 17.8 Å². The first kappa shape index (κ1) is 23.4. The van der Waals surface area contributed by atoms with Crippen molar-refractivity contribution < 1.29 is 9.53 Å². The van der Waals surface area contributed by atoms with E-state index in [9.17, 15) is 4.79 Å². The summed E-state index contributed by atoms with van der Waals surface area (Å²) in [4.78, 5) is 19.8. The monoisotopic (exact) mass is 479 g/mol. The molecule has 1 amide bonds. The lowest BCUT2D eigenvalue weighted by Gasteiger charge is -2.41. The van der Waals surface area contributed by atoms with Gasteiger partial charge in [-0.3, -0.25) is 9.78 Å². The number of amides is 1. The molecule has 3 aliphatic rings. The van der Waals surface area contributed by atoms with Crippen LogP contribution < -0.4 is 5.32 Å². The number of piperidine rings is 1. The van der Waals surface area contributed by atoms with Crippen molar-refractivity contribution in [2.24, 2.45) is 17.8 Å². The van der Waals surface area contributed by atoms with Gasteiger partial charge in [0.2, 0.25) is 5.91 Å². The van der Waals surface area contributed by atoms with Crippen molar-refractivity contribution in [1.29, 1.82) is 0 Å². The molecular weight excluding hydrogens is 446 g/mol. The van der Waals surface area contributed by atoms with Crippen LogP contribution >= 0.6 is 11.6 Å². The van der Waals surface area contributed by atoms with Gasteiger partial charge in [-0.05, 0) is 67.0 Å². The molecule has 2 aliphatic heterocycles. The van der Waals surface area contributed by atoms with E-state index in [1.165, 1.54) is 19.4 Å². The molecule has 1 saturated heterocycles. The molecule has 5 rings (SSSR count). The molecular formula is C28H34ClN3O2. The van der Waals surface area contributed by atoms with Gasteiger partial charge in [0.15, 0.2) is 0 Å². The second kappa shape index (κ2) is 10.9. The minimum Gasteiger partial charge on any atom is -0.497 e. The summed E-state index contributed by atoms with van der Waals surface area (Å²) >= 11 is 6.45. The standard InChI is InChI=1S/C28H34ClN3O2/c29-26-7-2-1-6-24(26)22-15-27(34-19-22)25-18-32(17-20-8-9-20)14-11-21(25)16-28(33)31-13-10-23-5-3-4-12-30-23/h1-7,12,19-21,25,27H,8-11,13-18H2,(H,31,33)/t21-,25-,27+/m0/s1. The van der Waals surface area contributed by atoms with Crippen molar-refractivity contribution in [3.05, 3.63) is 71.2 Å². The van der Waals surface area contributed by atoms with E-state index in [1.807, 2.05) is 42.7 Å². The maximum atomic E-state index is 12.8. The SMILES string of the molecule is O=C(C[C@@H]1CCN(CC2CC2)C[C@@H]1[C@H]1CC(c2ccccc2Cl)=CO1)NCCc1ccccn1. The molecule has 34 heavy (non-hydrogen) atoms. The largest absolute Gasteiger partial charge is 0.497 e. The third-order valence-electron chi connectivity index (χ3n) is 7.48. The zero-order valence-electron chi connectivity index (χ0n) is 19.7. The first-order valence-electron chi connectivity index (χ1n) is 12.6. The Hall–Kier alpha value is -2.37. The van der Waals surface area contributed by atoms with E-state index in [0.717, 1.165) is 60.1 Å². The van der Waals surface area contributed by atoms with Crippen LogP contribution in [0.15, 0.2) is 54.9 Å². The second-order valence-electron chi connectivity index (χ2n) is 10.0. The van der Waals surface area contributed by atoms with E-state index in [1.54, 1.807) is 6.20 Å². The fourth-order valence-corrected chi connectivity index (χ4v) is 5.68. The van der Waals surface area contributed by atoms with Crippen molar-refractivity contribution in [3.63, 3.8) is 0 Å². The lowest BCUT2D eigenvalue weighted by atomic mass is 9.78. The summed E-state index contributed by atoms with van der Waals surface area (Å²) in [6.45, 7) is 3.91. The highest BCUT2D eigenvalue weighted by atomic mass is 35.5. The zero-order valence-corrected chi connectivity index (χ0v) is 20.4. The van der Waals surface area contributed by atoms with Gasteiger partial charge in [0.1, 0.15) is 6.10 Å². The lowest BCUT2D eigenvalue weighted by Crippen LogP contribution is -2.47. The number of nitrogens with zero attached hydrogens (tertiary/aromatic N) is 2. The van der Waals surface area contributed by atoms with Crippen molar-refractivity contribution in [2.75, 3.05) is 26.2 Å². The fraction of sp³-hybridized carbons (Fsp3) is 0.500. The van der Waals surface area contributed by atoms with E-state index in [-0.39, 0.29) is 12.0 Å². The molecule has 2 fully saturated rings. The highest BCUT2D eigenvalue weighted by Gasteiger charge is 2.40. The molecule has 0 radical (unpaired) electrons. The first-order chi connectivity index (χ1) is 16.7. The molecule has 5 nitrogen and oxygen atoms in total. The topological polar surface area (TPSA) is 54.5 Å². The van der Waals surface area contributed by atoms with Gasteiger partial charge in [-0.1, -0.05) is 35.9 Å². The quantitative estimate of drug-likeness (QED) is 0.552. The van der Waals surface area contributed by atoms with Crippen molar-refractivity contribution >= 4 is 23.1 Å². The first-order valence-corrected chi connectivity index (χ1v) is 13.0. The summed E-state index contributed by atoms with van der Waals surface area (Å²) in [5.74, 6) is 1.67. The molecule has 0 unspecified atom stereocenters. The second-order valence-corrected chi connectivity index (χ2v) is 10.4. The maximum absolute atomic E-state index is 12.8. The van der Waals surface area contributed by atoms with E-state index in [2.05, 4.69) is 21.3 Å². The molecule has 1 aromatic carbocycles. The molecule has 1 aliphatic carbocycles. The van der Waals surface area contributed by atoms with Crippen molar-refractivity contribution in [3.8, 4) is 0 Å². The van der Waals surface area contributed by atoms with E-state index in [0.29, 0.717) is 24.8 Å². The van der Waals surface area contributed by atoms with Gasteiger partial charge in [-0.15, -0.1) is 0 Å². The number of benzene rings is 1. The number of ether oxygens (including phenoxy) is 1. The molecule has 1 N–H and O–H groups in total. The van der Waals surface area contributed by atoms with Gasteiger partial charge in [0.05, 0.1) is 6.26 Å². The minimum atomic E-state index is 0.0968. The smallest absolute Gasteiger partial charge is 0.220 e. The Morgan fingerprint density at radius 3 is 2.79 bits per heavy atom. The number of carbonyl (C=O) groups excluding carboxylic acids is 1. The van der Waals surface area contributed by atoms with Gasteiger partial charge >= 0.3 is 0 Å². The molecule has 1 aromatic heterocycles. The van der Waals surface area contributed by atoms with E-state index >= 15 is 0 Å². The average molecular weight is 480 g/mol. The zero-order chi connectivity index (χ0) is 23.3. The Kier molecular flexibility index (Phi) is 7.51. The number of aromatic nitrogens is 1. The van der Waals surface area contributed by atoms with Crippen molar-refractivity contribution in [1.82, 2.24) is 15.2 Å². The molecule has 0 spiro atoms. The van der Waals surface area contributed by atoms with Gasteiger partial charge in [0.25, 0.3) is 0 Å². The van der Waals surface area contributed by atoms with Crippen LogP contribution in [0.1, 0.15) is 43.4 Å². The summed E-state index contributed by atoms with van der Waals surface area (Å²) < 4.78 is 6.25. The van der Waals surface area contributed by atoms with Crippen LogP contribution in [0.4, 0.5) is 0 Å². The number of likely N-dealkylation sites (tertiary alicyclic amines) is 1. The normalized spacial score (nSPS) is 25.0. The third-order valence-corrected chi connectivity index (χ3v) is 7.81. The number of hydrogen-bond acceptors (Lipinski definition) is 4. The summed E-state index contributed by atoms with van der Waals surface area (Å²) in [6.07, 6.45) is 9.73. The Morgan fingerprint density at radius 2 is 2.00 bits per heavy atom. The Balaban J connectivity index is 1.20. The Bertz CT molecular complexity index is 1010. The Labute approximate surface area is 207 Å². The molecule has 3 heterocycles. The third kappa shape index (κ3) is 6.00. The van der Waals surface area contributed by atoms with E-state index in [4.69, 9.17) is 16.3 Å². The number of carbonyl (C=O) groups is 1. The summed E-state index contributed by atoms with van der Waals surface area (Å²) in [5.41, 5.74) is 3.22. The van der Waals surface area contributed by atoms with Crippen LogP contribution in [0.3, 0.4) is 0 Å². The number of hydrogen-bond donors (Lipinski definition) is 1. The van der Waals surface area contributed by atoms with Crippen LogP contribution in [-0.4, -0.2) is 48.1 Å². The predicted molar refractivity (Wildman–Crippen MR) is 135 cm³/mol. The summed E-state index contributed by atoms with van der Waals surface area (Å²) in [6, 6.07) is 13.9. The maximum Gasteiger partial charge on any atom is 0.220 e. The number of rotatable bonds is 9. The molecule has 1 saturated carbocycles. The molecule has 0 bridgehead atoms. The van der Waals surface area contributed by atoms with Crippen LogP contribution in [-0.2, 0) is 16.0 Å². The highest BCUT2D eigenvalue weighted by molar-refractivity contribution is 6.32. The molecule has 2 aromatic rings. The number of nitrogens with one attached hydrogen (secondary N) is 1. The minimum absolute atomic E-state index is 0.0968. The van der Waals surface area contributed by atoms with Crippen molar-refractivity contribution in [2.45, 2.75) is 44.6 Å². The Morgan fingerprint density at radius 1 is 1.15 bits per heavy atom. The number of halogens is 1. The van der Waals surface area contributed by atoms with Crippen LogP contribution in [0.5, 0.6) is 0 Å². The lowest BCUT2D eigenvalue weighted by molar-refractivity contribution is -0.123. The van der Waals surface area contributed by atoms with Crippen LogP contribution in [0.25, 0.3) is 5.57 Å². The molecule has 6 heteroatoms. The average Bonchev–Trinajstić information content (AvgIpc) is 3.53. The van der Waals surface area contributed by atoms with Gasteiger partial charge in [-0.2, -0.15) is 0 Å². The summed E-state index contributed by atoms with van der Waals surface area (Å²) in [5, 5.41) is 3.89. The molecule has 3 atom stereocenters. The van der Waals surface area contributed by atoms with Gasteiger partial charge < -0.3 is 15.0 Å².